The number of carbonyl (C=O) groups excluding carboxylic acids is 1. The normalized spacial score (nSPS) is 10.2. The molecule has 0 spiro atoms. The summed E-state index contributed by atoms with van der Waals surface area (Å²) in [5, 5.41) is 10.6. The number of carbonyl (C=O) groups is 1. The molecule has 0 amide bonds. The first-order valence-electron chi connectivity index (χ1n) is 4.60. The van der Waals surface area contributed by atoms with Crippen molar-refractivity contribution in [3.05, 3.63) is 42.5 Å². The maximum atomic E-state index is 10.8. The number of rotatable bonds is 2. The molecule has 0 unspecified atom stereocenters. The molecule has 0 aliphatic heterocycles. The molecule has 76 valence electrons. The van der Waals surface area contributed by atoms with Crippen LogP contribution in [0, 0.1) is 0 Å². The molecule has 2 rings (SSSR count). The monoisotopic (exact) mass is 202 g/mol. The standard InChI is InChI=1S/C12H10O3/c13-8-12(14)15-11-6-5-9-3-1-2-4-10(9)7-11/h1-7,13H,8H2. The van der Waals surface area contributed by atoms with Crippen LogP contribution >= 0.6 is 0 Å². The Kier molecular flexibility index (Phi) is 2.65. The average Bonchev–Trinajstić information content (AvgIpc) is 2.29. The number of benzene rings is 2. The number of esters is 1. The van der Waals surface area contributed by atoms with Crippen LogP contribution in [0.25, 0.3) is 10.8 Å². The largest absolute Gasteiger partial charge is 0.425 e. The smallest absolute Gasteiger partial charge is 0.337 e. The predicted molar refractivity (Wildman–Crippen MR) is 56.7 cm³/mol. The second-order valence-corrected chi connectivity index (χ2v) is 3.14. The van der Waals surface area contributed by atoms with E-state index in [-0.39, 0.29) is 0 Å². The second-order valence-electron chi connectivity index (χ2n) is 3.14. The maximum Gasteiger partial charge on any atom is 0.337 e. The topological polar surface area (TPSA) is 46.5 Å². The summed E-state index contributed by atoms with van der Waals surface area (Å²) in [5.74, 6) is -0.196. The molecule has 0 bridgehead atoms. The summed E-state index contributed by atoms with van der Waals surface area (Å²) in [7, 11) is 0. The zero-order valence-electron chi connectivity index (χ0n) is 8.01. The van der Waals surface area contributed by atoms with Gasteiger partial charge in [0.15, 0.2) is 0 Å². The van der Waals surface area contributed by atoms with E-state index >= 15 is 0 Å². The van der Waals surface area contributed by atoms with E-state index in [0.29, 0.717) is 5.75 Å². The fourth-order valence-electron chi connectivity index (χ4n) is 1.39. The lowest BCUT2D eigenvalue weighted by Crippen LogP contribution is -2.11. The van der Waals surface area contributed by atoms with Gasteiger partial charge in [0, 0.05) is 0 Å². The van der Waals surface area contributed by atoms with Crippen molar-refractivity contribution in [3.8, 4) is 5.75 Å². The third kappa shape index (κ3) is 2.14. The summed E-state index contributed by atoms with van der Waals surface area (Å²) in [6.45, 7) is -0.604. The third-order valence-corrected chi connectivity index (χ3v) is 2.08. The molecule has 3 heteroatoms. The van der Waals surface area contributed by atoms with E-state index in [1.807, 2.05) is 30.3 Å². The summed E-state index contributed by atoms with van der Waals surface area (Å²) in [4.78, 5) is 10.8. The van der Waals surface area contributed by atoms with Gasteiger partial charge in [-0.15, -0.1) is 0 Å². The van der Waals surface area contributed by atoms with Gasteiger partial charge < -0.3 is 9.84 Å². The molecular weight excluding hydrogens is 192 g/mol. The summed E-state index contributed by atoms with van der Waals surface area (Å²) in [6.07, 6.45) is 0. The van der Waals surface area contributed by atoms with Gasteiger partial charge >= 0.3 is 5.97 Å². The zero-order chi connectivity index (χ0) is 10.7. The van der Waals surface area contributed by atoms with Gasteiger partial charge in [0.05, 0.1) is 0 Å². The molecule has 0 saturated heterocycles. The fraction of sp³-hybridized carbons (Fsp3) is 0.0833. The van der Waals surface area contributed by atoms with Crippen LogP contribution in [-0.4, -0.2) is 17.7 Å². The molecule has 0 aliphatic carbocycles. The zero-order valence-corrected chi connectivity index (χ0v) is 8.01. The molecule has 2 aromatic rings. The van der Waals surface area contributed by atoms with Crippen molar-refractivity contribution in [3.63, 3.8) is 0 Å². The van der Waals surface area contributed by atoms with Gasteiger partial charge in [0.2, 0.25) is 0 Å². The first-order valence-corrected chi connectivity index (χ1v) is 4.60. The minimum Gasteiger partial charge on any atom is -0.425 e. The summed E-state index contributed by atoms with van der Waals surface area (Å²) < 4.78 is 4.88. The molecule has 0 saturated carbocycles. The second kappa shape index (κ2) is 4.11. The van der Waals surface area contributed by atoms with Crippen LogP contribution in [0.15, 0.2) is 42.5 Å². The van der Waals surface area contributed by atoms with Crippen molar-refractivity contribution in [1.29, 1.82) is 0 Å². The van der Waals surface area contributed by atoms with Crippen molar-refractivity contribution >= 4 is 16.7 Å². The van der Waals surface area contributed by atoms with Crippen LogP contribution in [0.5, 0.6) is 5.75 Å². The predicted octanol–water partition coefficient (Wildman–Crippen LogP) is 1.74. The Hall–Kier alpha value is -1.87. The summed E-state index contributed by atoms with van der Waals surface area (Å²) in [5.41, 5.74) is 0. The highest BCUT2D eigenvalue weighted by molar-refractivity contribution is 5.84. The van der Waals surface area contributed by atoms with Crippen molar-refractivity contribution in [2.75, 3.05) is 6.61 Å². The molecule has 0 heterocycles. The SMILES string of the molecule is O=C(CO)Oc1ccc2ccccc2c1. The molecule has 0 radical (unpaired) electrons. The maximum absolute atomic E-state index is 10.8. The Morgan fingerprint density at radius 2 is 1.87 bits per heavy atom. The number of hydrogen-bond donors (Lipinski definition) is 1. The van der Waals surface area contributed by atoms with Crippen molar-refractivity contribution in [1.82, 2.24) is 0 Å². The molecule has 0 aromatic heterocycles. The van der Waals surface area contributed by atoms with E-state index in [1.165, 1.54) is 0 Å². The van der Waals surface area contributed by atoms with Crippen LogP contribution < -0.4 is 4.74 Å². The van der Waals surface area contributed by atoms with Gasteiger partial charge in [-0.3, -0.25) is 0 Å². The molecule has 3 nitrogen and oxygen atoms in total. The Bertz CT molecular complexity index is 491. The summed E-state index contributed by atoms with van der Waals surface area (Å²) in [6, 6.07) is 13.1. The highest BCUT2D eigenvalue weighted by Gasteiger charge is 2.02. The third-order valence-electron chi connectivity index (χ3n) is 2.08. The van der Waals surface area contributed by atoms with Gasteiger partial charge in [0.25, 0.3) is 0 Å². The average molecular weight is 202 g/mol. The Morgan fingerprint density at radius 1 is 1.13 bits per heavy atom. The minimum atomic E-state index is -0.648. The van der Waals surface area contributed by atoms with E-state index in [1.54, 1.807) is 12.1 Å². The number of fused-ring (bicyclic) bond motifs is 1. The molecule has 0 aliphatic rings. The Labute approximate surface area is 86.9 Å². The van der Waals surface area contributed by atoms with Gasteiger partial charge in [-0.2, -0.15) is 0 Å². The number of aliphatic hydroxyl groups excluding tert-OH is 1. The summed E-state index contributed by atoms with van der Waals surface area (Å²) >= 11 is 0. The minimum absolute atomic E-state index is 0.452. The molecular formula is C12H10O3. The Balaban J connectivity index is 2.34. The van der Waals surface area contributed by atoms with Crippen molar-refractivity contribution in [2.45, 2.75) is 0 Å². The van der Waals surface area contributed by atoms with Crippen LogP contribution in [-0.2, 0) is 4.79 Å². The fourth-order valence-corrected chi connectivity index (χ4v) is 1.39. The molecule has 15 heavy (non-hydrogen) atoms. The van der Waals surface area contributed by atoms with E-state index in [9.17, 15) is 4.79 Å². The van der Waals surface area contributed by atoms with Crippen LogP contribution in [0.1, 0.15) is 0 Å². The van der Waals surface area contributed by atoms with Gasteiger partial charge in [-0.05, 0) is 22.9 Å². The van der Waals surface area contributed by atoms with Crippen molar-refractivity contribution in [2.24, 2.45) is 0 Å². The molecule has 0 fully saturated rings. The van der Waals surface area contributed by atoms with Crippen molar-refractivity contribution < 1.29 is 14.6 Å². The van der Waals surface area contributed by atoms with Gasteiger partial charge in [0.1, 0.15) is 12.4 Å². The number of aliphatic hydroxyl groups is 1. The van der Waals surface area contributed by atoms with E-state index < -0.39 is 12.6 Å². The number of ether oxygens (including phenoxy) is 1. The lowest BCUT2D eigenvalue weighted by atomic mass is 10.1. The van der Waals surface area contributed by atoms with Gasteiger partial charge in [-0.1, -0.05) is 30.3 Å². The van der Waals surface area contributed by atoms with Crippen LogP contribution in [0.3, 0.4) is 0 Å². The van der Waals surface area contributed by atoms with Gasteiger partial charge in [-0.25, -0.2) is 4.79 Å². The van der Waals surface area contributed by atoms with Crippen LogP contribution in [0.4, 0.5) is 0 Å². The van der Waals surface area contributed by atoms with Crippen LogP contribution in [0.2, 0.25) is 0 Å². The molecule has 0 atom stereocenters. The number of hydrogen-bond acceptors (Lipinski definition) is 3. The Morgan fingerprint density at radius 3 is 2.60 bits per heavy atom. The van der Waals surface area contributed by atoms with E-state index in [4.69, 9.17) is 9.84 Å². The lowest BCUT2D eigenvalue weighted by Gasteiger charge is -2.03. The van der Waals surface area contributed by atoms with E-state index in [2.05, 4.69) is 0 Å². The molecule has 2 aromatic carbocycles. The lowest BCUT2D eigenvalue weighted by molar-refractivity contribution is -0.137. The van der Waals surface area contributed by atoms with E-state index in [0.717, 1.165) is 10.8 Å². The first-order chi connectivity index (χ1) is 7.29. The first kappa shape index (κ1) is 9.68. The highest BCUT2D eigenvalue weighted by atomic mass is 16.5. The molecule has 1 N–H and O–H groups in total. The quantitative estimate of drug-likeness (QED) is 0.596. The highest BCUT2D eigenvalue weighted by Crippen LogP contribution is 2.20.